The molecule has 0 unspecified atom stereocenters. The molecule has 0 bridgehead atoms. The third kappa shape index (κ3) is 3.21. The number of benzene rings is 1. The minimum Gasteiger partial charge on any atom is -0.437 e. The topological polar surface area (TPSA) is 48.1 Å². The molecule has 2 rings (SSSR count). The van der Waals surface area contributed by atoms with Crippen LogP contribution < -0.4 is 10.5 Å². The molecule has 0 aliphatic carbocycles. The molecular formula is C14H12ClF3N2O. The molecule has 2 aromatic rings. The molecule has 0 radical (unpaired) electrons. The molecule has 0 saturated carbocycles. The first kappa shape index (κ1) is 15.4. The van der Waals surface area contributed by atoms with E-state index in [0.717, 1.165) is 17.8 Å². The molecule has 21 heavy (non-hydrogen) atoms. The maximum absolute atomic E-state index is 12.8. The van der Waals surface area contributed by atoms with Crippen LogP contribution in [0.5, 0.6) is 11.6 Å². The smallest absolute Gasteiger partial charge is 0.418 e. The van der Waals surface area contributed by atoms with E-state index >= 15 is 0 Å². The van der Waals surface area contributed by atoms with Gasteiger partial charge in [0, 0.05) is 11.9 Å². The van der Waals surface area contributed by atoms with Crippen LogP contribution in [-0.4, -0.2) is 4.98 Å². The average Bonchev–Trinajstić information content (AvgIpc) is 2.36. The van der Waals surface area contributed by atoms with Gasteiger partial charge in [-0.2, -0.15) is 13.2 Å². The number of nitrogen functional groups attached to an aromatic ring is 1. The van der Waals surface area contributed by atoms with Crippen LogP contribution in [0.3, 0.4) is 0 Å². The quantitative estimate of drug-likeness (QED) is 0.814. The highest BCUT2D eigenvalue weighted by molar-refractivity contribution is 6.32. The second-order valence-corrected chi connectivity index (χ2v) is 4.93. The maximum Gasteiger partial charge on any atom is 0.418 e. The molecule has 112 valence electrons. The zero-order valence-corrected chi connectivity index (χ0v) is 12.0. The summed E-state index contributed by atoms with van der Waals surface area (Å²) in [4.78, 5) is 3.76. The van der Waals surface area contributed by atoms with Gasteiger partial charge in [0.2, 0.25) is 5.88 Å². The number of rotatable bonds is 2. The normalized spacial score (nSPS) is 11.5. The maximum atomic E-state index is 12.8. The van der Waals surface area contributed by atoms with Crippen LogP contribution in [-0.2, 0) is 6.18 Å². The van der Waals surface area contributed by atoms with Crippen molar-refractivity contribution in [1.29, 1.82) is 0 Å². The van der Waals surface area contributed by atoms with Crippen molar-refractivity contribution in [2.24, 2.45) is 0 Å². The molecule has 7 heteroatoms. The van der Waals surface area contributed by atoms with Crippen molar-refractivity contribution >= 4 is 17.3 Å². The fourth-order valence-electron chi connectivity index (χ4n) is 1.74. The molecule has 0 aliphatic heterocycles. The first-order valence-corrected chi connectivity index (χ1v) is 6.34. The number of nitrogens with two attached hydrogens (primary N) is 1. The van der Waals surface area contributed by atoms with E-state index in [1.165, 1.54) is 0 Å². The lowest BCUT2D eigenvalue weighted by atomic mass is 10.1. The van der Waals surface area contributed by atoms with Crippen molar-refractivity contribution in [3.8, 4) is 11.6 Å². The van der Waals surface area contributed by atoms with E-state index in [-0.39, 0.29) is 5.88 Å². The summed E-state index contributed by atoms with van der Waals surface area (Å²) in [6.07, 6.45) is -3.56. The molecular weight excluding hydrogens is 305 g/mol. The standard InChI is InChI=1S/C14H12ClF3N2O/c1-7-6-11(8(2)5-10(7)19)21-13-12(15)9(3-4-20-13)14(16,17)18/h3-6H,19H2,1-2H3. The molecule has 0 spiro atoms. The lowest BCUT2D eigenvalue weighted by molar-refractivity contribution is -0.137. The van der Waals surface area contributed by atoms with Crippen molar-refractivity contribution in [3.05, 3.63) is 46.1 Å². The van der Waals surface area contributed by atoms with Gasteiger partial charge in [-0.15, -0.1) is 0 Å². The van der Waals surface area contributed by atoms with Crippen molar-refractivity contribution in [3.63, 3.8) is 0 Å². The summed E-state index contributed by atoms with van der Waals surface area (Å²) in [5.41, 5.74) is 6.76. The van der Waals surface area contributed by atoms with Crippen LogP contribution in [0.1, 0.15) is 16.7 Å². The van der Waals surface area contributed by atoms with Crippen molar-refractivity contribution in [2.75, 3.05) is 5.73 Å². The predicted molar refractivity (Wildman–Crippen MR) is 74.7 cm³/mol. The van der Waals surface area contributed by atoms with Crippen molar-refractivity contribution < 1.29 is 17.9 Å². The Morgan fingerprint density at radius 1 is 1.19 bits per heavy atom. The van der Waals surface area contributed by atoms with Gasteiger partial charge < -0.3 is 10.5 Å². The number of hydrogen-bond acceptors (Lipinski definition) is 3. The van der Waals surface area contributed by atoms with Crippen LogP contribution in [0.4, 0.5) is 18.9 Å². The molecule has 0 fully saturated rings. The number of anilines is 1. The molecule has 0 aliphatic rings. The molecule has 3 nitrogen and oxygen atoms in total. The molecule has 2 N–H and O–H groups in total. The molecule has 0 amide bonds. The largest absolute Gasteiger partial charge is 0.437 e. The SMILES string of the molecule is Cc1cc(Oc2nccc(C(F)(F)F)c2Cl)c(C)cc1N. The fraction of sp³-hybridized carbons (Fsp3) is 0.214. The van der Waals surface area contributed by atoms with Crippen LogP contribution in [0, 0.1) is 13.8 Å². The van der Waals surface area contributed by atoms with E-state index in [9.17, 15) is 13.2 Å². The van der Waals surface area contributed by atoms with E-state index in [1.807, 2.05) is 0 Å². The summed E-state index contributed by atoms with van der Waals surface area (Å²) in [5, 5.41) is -0.570. The van der Waals surface area contributed by atoms with Crippen LogP contribution in [0.15, 0.2) is 24.4 Å². The van der Waals surface area contributed by atoms with Crippen LogP contribution in [0.2, 0.25) is 5.02 Å². The van der Waals surface area contributed by atoms with Gasteiger partial charge in [-0.05, 0) is 43.2 Å². The molecule has 1 aromatic carbocycles. The Hall–Kier alpha value is -1.95. The highest BCUT2D eigenvalue weighted by Crippen LogP contribution is 2.40. The Morgan fingerprint density at radius 3 is 2.48 bits per heavy atom. The number of hydrogen-bond donors (Lipinski definition) is 1. The first-order chi connectivity index (χ1) is 9.70. The number of halogens is 4. The van der Waals surface area contributed by atoms with Crippen LogP contribution >= 0.6 is 11.6 Å². The Bertz CT molecular complexity index is 687. The zero-order chi connectivity index (χ0) is 15.8. The number of nitrogens with zero attached hydrogens (tertiary/aromatic N) is 1. The number of aryl methyl sites for hydroxylation is 2. The average molecular weight is 317 g/mol. The Labute approximate surface area is 124 Å². The Balaban J connectivity index is 2.44. The second kappa shape index (κ2) is 5.44. The third-order valence-corrected chi connectivity index (χ3v) is 3.30. The highest BCUT2D eigenvalue weighted by Gasteiger charge is 2.34. The molecule has 0 atom stereocenters. The van der Waals surface area contributed by atoms with E-state index < -0.39 is 16.8 Å². The lowest BCUT2D eigenvalue weighted by Gasteiger charge is -2.14. The van der Waals surface area contributed by atoms with Gasteiger partial charge >= 0.3 is 6.18 Å². The summed E-state index contributed by atoms with van der Waals surface area (Å²) in [5.74, 6) is 0.0641. The number of ether oxygens (including phenoxy) is 1. The summed E-state index contributed by atoms with van der Waals surface area (Å²) < 4.78 is 43.8. The van der Waals surface area contributed by atoms with Gasteiger partial charge in [-0.1, -0.05) is 11.6 Å². The van der Waals surface area contributed by atoms with Gasteiger partial charge in [0.05, 0.1) is 5.56 Å². The predicted octanol–water partition coefficient (Wildman–Crippen LogP) is 4.75. The zero-order valence-electron chi connectivity index (χ0n) is 11.3. The van der Waals surface area contributed by atoms with Crippen molar-refractivity contribution in [2.45, 2.75) is 20.0 Å². The first-order valence-electron chi connectivity index (χ1n) is 5.96. The van der Waals surface area contributed by atoms with Gasteiger partial charge in [0.1, 0.15) is 10.8 Å². The summed E-state index contributed by atoms with van der Waals surface area (Å²) in [6, 6.07) is 4.10. The van der Waals surface area contributed by atoms with Gasteiger partial charge in [-0.25, -0.2) is 4.98 Å². The number of aromatic nitrogens is 1. The number of pyridine rings is 1. The monoisotopic (exact) mass is 316 g/mol. The van der Waals surface area contributed by atoms with E-state index in [0.29, 0.717) is 17.0 Å². The second-order valence-electron chi connectivity index (χ2n) is 4.55. The molecule has 1 heterocycles. The molecule has 0 saturated heterocycles. The summed E-state index contributed by atoms with van der Waals surface area (Å²) >= 11 is 5.73. The summed E-state index contributed by atoms with van der Waals surface area (Å²) in [7, 11) is 0. The lowest BCUT2D eigenvalue weighted by Crippen LogP contribution is -2.07. The van der Waals surface area contributed by atoms with E-state index in [1.54, 1.807) is 26.0 Å². The molecule has 1 aromatic heterocycles. The minimum absolute atomic E-state index is 0.293. The van der Waals surface area contributed by atoms with E-state index in [4.69, 9.17) is 22.1 Å². The van der Waals surface area contributed by atoms with E-state index in [2.05, 4.69) is 4.98 Å². The summed E-state index contributed by atoms with van der Waals surface area (Å²) in [6.45, 7) is 3.50. The minimum atomic E-state index is -4.57. The Kier molecular flexibility index (Phi) is 4.00. The van der Waals surface area contributed by atoms with Crippen molar-refractivity contribution in [1.82, 2.24) is 4.98 Å². The number of alkyl halides is 3. The highest BCUT2D eigenvalue weighted by atomic mass is 35.5. The third-order valence-electron chi connectivity index (χ3n) is 2.93. The Morgan fingerprint density at radius 2 is 1.86 bits per heavy atom. The fourth-order valence-corrected chi connectivity index (χ4v) is 2.00. The van der Waals surface area contributed by atoms with Gasteiger partial charge in [-0.3, -0.25) is 0 Å². The van der Waals surface area contributed by atoms with Crippen LogP contribution in [0.25, 0.3) is 0 Å². The van der Waals surface area contributed by atoms with Gasteiger partial charge in [0.15, 0.2) is 0 Å². The van der Waals surface area contributed by atoms with Gasteiger partial charge in [0.25, 0.3) is 0 Å².